The van der Waals surface area contributed by atoms with Crippen LogP contribution >= 0.6 is 0 Å². The normalized spacial score (nSPS) is 33.6. The number of carbonyl (C=O) groups is 4. The lowest BCUT2D eigenvalue weighted by atomic mass is 10.0. The van der Waals surface area contributed by atoms with E-state index < -0.39 is 54.1 Å². The number of fused-ring (bicyclic) bond motifs is 6. The molecule has 4 aliphatic rings. The van der Waals surface area contributed by atoms with E-state index in [0.717, 1.165) is 6.42 Å². The van der Waals surface area contributed by atoms with Crippen molar-refractivity contribution in [2.75, 3.05) is 39.3 Å². The van der Waals surface area contributed by atoms with Gasteiger partial charge in [0.2, 0.25) is 17.7 Å². The summed E-state index contributed by atoms with van der Waals surface area (Å²) in [5.41, 5.74) is 0.213. The van der Waals surface area contributed by atoms with Crippen LogP contribution in [0.2, 0.25) is 0 Å². The van der Waals surface area contributed by atoms with E-state index in [9.17, 15) is 33.8 Å². The third kappa shape index (κ3) is 5.69. The van der Waals surface area contributed by atoms with Gasteiger partial charge in [0.1, 0.15) is 30.2 Å². The average Bonchev–Trinajstić information content (AvgIpc) is 3.45. The number of aliphatic hydroxyl groups is 2. The summed E-state index contributed by atoms with van der Waals surface area (Å²) >= 11 is 0. The molecule has 0 radical (unpaired) electrons. The minimum atomic E-state index is -1.33. The van der Waals surface area contributed by atoms with Crippen LogP contribution in [0.3, 0.4) is 0 Å². The number of ether oxygens (including phenoxy) is 1. The Kier molecular flexibility index (Phi) is 8.36. The summed E-state index contributed by atoms with van der Waals surface area (Å²) in [5.74, 6) is -2.03. The second kappa shape index (κ2) is 11.8. The molecular weight excluding hydrogens is 525 g/mol. The van der Waals surface area contributed by atoms with Crippen molar-refractivity contribution in [3.05, 3.63) is 35.6 Å². The van der Waals surface area contributed by atoms with Gasteiger partial charge in [-0.25, -0.2) is 4.39 Å². The van der Waals surface area contributed by atoms with Crippen LogP contribution in [0.25, 0.3) is 0 Å². The number of aliphatic hydroxyl groups excluding tert-OH is 2. The standard InChI is InChI=1S/C27H36FN5O7/c1-2-7-31-13-17-10-18(31)27(39)32-8-9-33(26(38)15-3-5-16(28)6-4-15)19(14-32)25(37)29-12-21-24(36)23(35)20(40-21)11-22(34)30-17/h3-6,17-21,23-24,35-36H,2,7-14H2,1H3,(H,29,37)(H,30,34)/t17-,18-,19-,20-,21+,23-,24+/m0/s1. The molecule has 218 valence electrons. The summed E-state index contributed by atoms with van der Waals surface area (Å²) in [6.45, 7) is 3.20. The van der Waals surface area contributed by atoms with Gasteiger partial charge in [-0.2, -0.15) is 0 Å². The molecule has 5 rings (SSSR count). The molecule has 1 aromatic rings. The van der Waals surface area contributed by atoms with Gasteiger partial charge in [0.05, 0.1) is 25.1 Å². The molecule has 13 heteroatoms. The van der Waals surface area contributed by atoms with Crippen molar-refractivity contribution in [1.29, 1.82) is 0 Å². The summed E-state index contributed by atoms with van der Waals surface area (Å²) < 4.78 is 19.2. The van der Waals surface area contributed by atoms with Gasteiger partial charge in [-0.1, -0.05) is 6.92 Å². The monoisotopic (exact) mass is 561 g/mol. The predicted octanol–water partition coefficient (Wildman–Crippen LogP) is -1.54. The van der Waals surface area contributed by atoms with Gasteiger partial charge in [0, 0.05) is 37.8 Å². The van der Waals surface area contributed by atoms with E-state index in [1.165, 1.54) is 29.2 Å². The first-order valence-electron chi connectivity index (χ1n) is 13.8. The number of hydrogen-bond acceptors (Lipinski definition) is 8. The topological polar surface area (TPSA) is 152 Å². The van der Waals surface area contributed by atoms with Crippen molar-refractivity contribution in [3.63, 3.8) is 0 Å². The van der Waals surface area contributed by atoms with E-state index in [1.807, 2.05) is 11.8 Å². The molecule has 0 aliphatic carbocycles. The molecule has 4 heterocycles. The Labute approximate surface area is 231 Å². The molecule has 0 aromatic heterocycles. The quantitative estimate of drug-likeness (QED) is 0.347. The lowest BCUT2D eigenvalue weighted by Crippen LogP contribution is -2.63. The first kappa shape index (κ1) is 28.4. The first-order valence-corrected chi connectivity index (χ1v) is 13.8. The van der Waals surface area contributed by atoms with Gasteiger partial charge >= 0.3 is 0 Å². The zero-order chi connectivity index (χ0) is 28.6. The fourth-order valence-corrected chi connectivity index (χ4v) is 6.17. The number of amides is 4. The summed E-state index contributed by atoms with van der Waals surface area (Å²) in [7, 11) is 0. The van der Waals surface area contributed by atoms with Crippen LogP contribution in [0.5, 0.6) is 0 Å². The summed E-state index contributed by atoms with van der Waals surface area (Å²) in [4.78, 5) is 58.4. The van der Waals surface area contributed by atoms with Crippen molar-refractivity contribution in [2.45, 2.75) is 68.7 Å². The number of likely N-dealkylation sites (tertiary alicyclic amines) is 1. The first-order chi connectivity index (χ1) is 19.2. The van der Waals surface area contributed by atoms with Crippen LogP contribution < -0.4 is 10.6 Å². The van der Waals surface area contributed by atoms with Gasteiger partial charge in [0.15, 0.2) is 0 Å². The maximum atomic E-state index is 13.8. The molecule has 4 aliphatic heterocycles. The third-order valence-corrected chi connectivity index (χ3v) is 8.24. The molecule has 7 atom stereocenters. The number of nitrogens with zero attached hydrogens (tertiary/aromatic N) is 3. The van der Waals surface area contributed by atoms with Gasteiger partial charge in [-0.15, -0.1) is 0 Å². The fourth-order valence-electron chi connectivity index (χ4n) is 6.17. The number of piperazine rings is 1. The molecule has 6 bridgehead atoms. The second-order valence-corrected chi connectivity index (χ2v) is 11.0. The van der Waals surface area contributed by atoms with Gasteiger partial charge in [-0.3, -0.25) is 24.1 Å². The van der Waals surface area contributed by atoms with E-state index >= 15 is 0 Å². The van der Waals surface area contributed by atoms with E-state index in [0.29, 0.717) is 19.5 Å². The smallest absolute Gasteiger partial charge is 0.254 e. The maximum Gasteiger partial charge on any atom is 0.254 e. The molecule has 0 unspecified atom stereocenters. The van der Waals surface area contributed by atoms with Crippen LogP contribution in [0.1, 0.15) is 36.5 Å². The Morgan fingerprint density at radius 1 is 1.05 bits per heavy atom. The molecule has 4 saturated heterocycles. The van der Waals surface area contributed by atoms with Crippen molar-refractivity contribution in [1.82, 2.24) is 25.3 Å². The second-order valence-electron chi connectivity index (χ2n) is 11.0. The lowest BCUT2D eigenvalue weighted by molar-refractivity contribution is -0.141. The maximum absolute atomic E-state index is 13.8. The number of nitrogens with one attached hydrogen (secondary N) is 2. The molecule has 4 amide bonds. The average molecular weight is 562 g/mol. The van der Waals surface area contributed by atoms with Crippen molar-refractivity contribution in [2.24, 2.45) is 0 Å². The molecule has 0 spiro atoms. The Bertz CT molecular complexity index is 1140. The predicted molar refractivity (Wildman–Crippen MR) is 138 cm³/mol. The van der Waals surface area contributed by atoms with Crippen LogP contribution in [0.4, 0.5) is 4.39 Å². The van der Waals surface area contributed by atoms with Crippen LogP contribution in [-0.4, -0.2) is 130 Å². The van der Waals surface area contributed by atoms with Crippen LogP contribution in [0.15, 0.2) is 24.3 Å². The van der Waals surface area contributed by atoms with Crippen molar-refractivity contribution < 1.29 is 38.5 Å². The summed E-state index contributed by atoms with van der Waals surface area (Å²) in [6, 6.07) is 3.21. The lowest BCUT2D eigenvalue weighted by Gasteiger charge is -2.42. The van der Waals surface area contributed by atoms with Gasteiger partial charge < -0.3 is 35.4 Å². The minimum absolute atomic E-state index is 0.0512. The highest BCUT2D eigenvalue weighted by Gasteiger charge is 2.46. The van der Waals surface area contributed by atoms with Crippen molar-refractivity contribution >= 4 is 23.6 Å². The van der Waals surface area contributed by atoms with Crippen LogP contribution in [0, 0.1) is 5.82 Å². The Balaban J connectivity index is 1.43. The molecule has 12 nitrogen and oxygen atoms in total. The SMILES string of the molecule is CCCN1C[C@@H]2C[C@H]1C(=O)N1CCN(C(=O)c3ccc(F)cc3)[C@@H](C1)C(=O)NC[C@H]1O[C@@H](CC(=O)N2)[C@H](O)[C@@H]1O. The zero-order valence-electron chi connectivity index (χ0n) is 22.4. The minimum Gasteiger partial charge on any atom is -0.388 e. The van der Waals surface area contributed by atoms with Crippen molar-refractivity contribution in [3.8, 4) is 0 Å². The largest absolute Gasteiger partial charge is 0.388 e. The third-order valence-electron chi connectivity index (χ3n) is 8.24. The highest BCUT2D eigenvalue weighted by Crippen LogP contribution is 2.26. The van der Waals surface area contributed by atoms with E-state index in [2.05, 4.69) is 10.6 Å². The molecule has 40 heavy (non-hydrogen) atoms. The molecular formula is C27H36FN5O7. The number of benzene rings is 1. The fraction of sp³-hybridized carbons (Fsp3) is 0.630. The Morgan fingerprint density at radius 3 is 2.50 bits per heavy atom. The summed E-state index contributed by atoms with van der Waals surface area (Å²) in [5, 5.41) is 26.7. The molecule has 4 fully saturated rings. The number of rotatable bonds is 3. The van der Waals surface area contributed by atoms with Crippen LogP contribution in [-0.2, 0) is 19.1 Å². The molecule has 1 aromatic carbocycles. The highest BCUT2D eigenvalue weighted by molar-refractivity contribution is 5.98. The number of halogens is 1. The van der Waals surface area contributed by atoms with E-state index in [1.54, 1.807) is 4.90 Å². The van der Waals surface area contributed by atoms with Gasteiger partial charge in [0.25, 0.3) is 5.91 Å². The number of hydrogen-bond donors (Lipinski definition) is 4. The van der Waals surface area contributed by atoms with E-state index in [4.69, 9.17) is 4.74 Å². The number of carbonyl (C=O) groups excluding carboxylic acids is 4. The highest BCUT2D eigenvalue weighted by atomic mass is 19.1. The summed E-state index contributed by atoms with van der Waals surface area (Å²) in [6.07, 6.45) is -3.57. The zero-order valence-corrected chi connectivity index (χ0v) is 22.4. The molecule has 4 N–H and O–H groups in total. The van der Waals surface area contributed by atoms with E-state index in [-0.39, 0.29) is 56.0 Å². The Hall–Kier alpha value is -3.13. The van der Waals surface area contributed by atoms with Gasteiger partial charge in [-0.05, 0) is 43.7 Å². The molecule has 0 saturated carbocycles. The Morgan fingerprint density at radius 2 is 1.77 bits per heavy atom.